The summed E-state index contributed by atoms with van der Waals surface area (Å²) in [6, 6.07) is 5.36. The van der Waals surface area contributed by atoms with Crippen LogP contribution in [0.1, 0.15) is 47.6 Å². The summed E-state index contributed by atoms with van der Waals surface area (Å²) in [6.07, 6.45) is 6.11. The number of carbonyl (C=O) groups excluding carboxylic acids is 2. The van der Waals surface area contributed by atoms with E-state index >= 15 is 0 Å². The first-order valence-electron chi connectivity index (χ1n) is 9.68. The molecule has 3 rings (SSSR count). The van der Waals surface area contributed by atoms with Gasteiger partial charge in [-0.3, -0.25) is 9.59 Å². The lowest BCUT2D eigenvalue weighted by Crippen LogP contribution is -2.39. The monoisotopic (exact) mass is 402 g/mol. The lowest BCUT2D eigenvalue weighted by Gasteiger charge is -2.21. The first-order chi connectivity index (χ1) is 14.0. The van der Waals surface area contributed by atoms with Gasteiger partial charge in [-0.1, -0.05) is 18.9 Å². The molecule has 1 aliphatic rings. The molecule has 0 radical (unpaired) electrons. The molecule has 2 N–H and O–H groups in total. The zero-order chi connectivity index (χ0) is 20.8. The van der Waals surface area contributed by atoms with Crippen molar-refractivity contribution in [1.29, 1.82) is 0 Å². The van der Waals surface area contributed by atoms with Crippen LogP contribution < -0.4 is 15.5 Å². The predicted octanol–water partition coefficient (Wildman–Crippen LogP) is 2.96. The smallest absolute Gasteiger partial charge is 0.253 e. The number of carbonyl (C=O) groups is 2. The minimum absolute atomic E-state index is 0.144. The van der Waals surface area contributed by atoms with Crippen LogP contribution in [0.4, 0.5) is 14.6 Å². The number of hydrogen-bond acceptors (Lipinski definition) is 4. The van der Waals surface area contributed by atoms with E-state index < -0.39 is 29.5 Å². The molecule has 1 fully saturated rings. The van der Waals surface area contributed by atoms with Gasteiger partial charge in [0, 0.05) is 26.3 Å². The van der Waals surface area contributed by atoms with E-state index in [2.05, 4.69) is 20.5 Å². The van der Waals surface area contributed by atoms with Crippen LogP contribution in [0.25, 0.3) is 0 Å². The van der Waals surface area contributed by atoms with E-state index in [0.29, 0.717) is 0 Å². The number of anilines is 1. The second-order valence-corrected chi connectivity index (χ2v) is 7.00. The molecule has 0 aliphatic carbocycles. The summed E-state index contributed by atoms with van der Waals surface area (Å²) in [5, 5.41) is 4.98. The van der Waals surface area contributed by atoms with E-state index in [1.807, 2.05) is 0 Å². The molecule has 1 unspecified atom stereocenters. The fraction of sp³-hybridized carbons (Fsp3) is 0.381. The Morgan fingerprint density at radius 1 is 1.03 bits per heavy atom. The van der Waals surface area contributed by atoms with Crippen LogP contribution in [-0.2, 0) is 4.79 Å². The SMILES string of the molecule is CNC(=O)C(NC(=O)c1ccc(N2CCCCCC2)nc1)c1ccc(F)c(F)c1. The van der Waals surface area contributed by atoms with Crippen molar-refractivity contribution < 1.29 is 18.4 Å². The highest BCUT2D eigenvalue weighted by Crippen LogP contribution is 2.19. The predicted molar refractivity (Wildman–Crippen MR) is 106 cm³/mol. The highest BCUT2D eigenvalue weighted by molar-refractivity contribution is 5.97. The summed E-state index contributed by atoms with van der Waals surface area (Å²) in [6.45, 7) is 1.88. The molecular formula is C21H24F2N4O2. The van der Waals surface area contributed by atoms with Gasteiger partial charge >= 0.3 is 0 Å². The van der Waals surface area contributed by atoms with Gasteiger partial charge in [-0.15, -0.1) is 0 Å². The standard InChI is InChI=1S/C21H24F2N4O2/c1-24-21(29)19(14-6-8-16(22)17(23)12-14)26-20(28)15-7-9-18(25-13-15)27-10-4-2-3-5-11-27/h6-9,12-13,19H,2-5,10-11H2,1H3,(H,24,29)(H,26,28). The van der Waals surface area contributed by atoms with E-state index in [4.69, 9.17) is 0 Å². The first-order valence-corrected chi connectivity index (χ1v) is 9.68. The largest absolute Gasteiger partial charge is 0.357 e. The second-order valence-electron chi connectivity index (χ2n) is 7.00. The molecule has 154 valence electrons. The first kappa shape index (κ1) is 20.7. The molecule has 2 aromatic rings. The van der Waals surface area contributed by atoms with E-state index in [9.17, 15) is 18.4 Å². The number of halogens is 2. The van der Waals surface area contributed by atoms with Crippen molar-refractivity contribution in [3.8, 4) is 0 Å². The molecular weight excluding hydrogens is 378 g/mol. The number of hydrogen-bond donors (Lipinski definition) is 2. The van der Waals surface area contributed by atoms with Crippen LogP contribution >= 0.6 is 0 Å². The Labute approximate surface area is 168 Å². The molecule has 0 spiro atoms. The van der Waals surface area contributed by atoms with Crippen LogP contribution in [0.5, 0.6) is 0 Å². The van der Waals surface area contributed by atoms with Gasteiger partial charge in [-0.05, 0) is 42.7 Å². The van der Waals surface area contributed by atoms with E-state index in [1.54, 1.807) is 12.1 Å². The van der Waals surface area contributed by atoms with Crippen LogP contribution in [0.15, 0.2) is 36.5 Å². The average molecular weight is 402 g/mol. The maximum Gasteiger partial charge on any atom is 0.253 e. The molecule has 1 atom stereocenters. The second kappa shape index (κ2) is 9.45. The number of benzene rings is 1. The number of likely N-dealkylation sites (N-methyl/N-ethyl adjacent to an activating group) is 1. The van der Waals surface area contributed by atoms with Crippen molar-refractivity contribution in [2.24, 2.45) is 0 Å². The Kier molecular flexibility index (Phi) is 6.74. The molecule has 0 saturated carbocycles. The van der Waals surface area contributed by atoms with Gasteiger partial charge in [0.2, 0.25) is 5.91 Å². The Bertz CT molecular complexity index is 865. The molecule has 29 heavy (non-hydrogen) atoms. The topological polar surface area (TPSA) is 74.3 Å². The highest BCUT2D eigenvalue weighted by atomic mass is 19.2. The molecule has 0 bridgehead atoms. The fourth-order valence-corrected chi connectivity index (χ4v) is 3.36. The average Bonchev–Trinajstić information content (AvgIpc) is 3.03. The molecule has 6 nitrogen and oxygen atoms in total. The van der Waals surface area contributed by atoms with Crippen LogP contribution in [0.2, 0.25) is 0 Å². The Hall–Kier alpha value is -3.03. The minimum Gasteiger partial charge on any atom is -0.357 e. The molecule has 1 aromatic carbocycles. The zero-order valence-corrected chi connectivity index (χ0v) is 16.3. The summed E-state index contributed by atoms with van der Waals surface area (Å²) < 4.78 is 26.8. The van der Waals surface area contributed by atoms with E-state index in [1.165, 1.54) is 32.2 Å². The number of pyridine rings is 1. The maximum atomic E-state index is 13.6. The highest BCUT2D eigenvalue weighted by Gasteiger charge is 2.24. The lowest BCUT2D eigenvalue weighted by atomic mass is 10.1. The lowest BCUT2D eigenvalue weighted by molar-refractivity contribution is -0.122. The molecule has 1 saturated heterocycles. The molecule has 2 amide bonds. The number of aromatic nitrogens is 1. The quantitative estimate of drug-likeness (QED) is 0.807. The van der Waals surface area contributed by atoms with Crippen molar-refractivity contribution in [2.45, 2.75) is 31.7 Å². The summed E-state index contributed by atoms with van der Waals surface area (Å²) >= 11 is 0. The summed E-state index contributed by atoms with van der Waals surface area (Å²) in [5.74, 6) is -2.37. The maximum absolute atomic E-state index is 13.6. The fourth-order valence-electron chi connectivity index (χ4n) is 3.36. The molecule has 1 aliphatic heterocycles. The summed E-state index contributed by atoms with van der Waals surface area (Å²) in [4.78, 5) is 31.4. The summed E-state index contributed by atoms with van der Waals surface area (Å²) in [5.41, 5.74) is 0.422. The summed E-state index contributed by atoms with van der Waals surface area (Å²) in [7, 11) is 1.40. The van der Waals surface area contributed by atoms with Crippen LogP contribution in [-0.4, -0.2) is 36.9 Å². The van der Waals surface area contributed by atoms with Gasteiger partial charge < -0.3 is 15.5 Å². The van der Waals surface area contributed by atoms with Crippen LogP contribution in [0, 0.1) is 11.6 Å². The van der Waals surface area contributed by atoms with Crippen molar-refractivity contribution in [3.05, 3.63) is 59.3 Å². The Morgan fingerprint density at radius 2 is 1.76 bits per heavy atom. The third kappa shape index (κ3) is 5.07. The van der Waals surface area contributed by atoms with Gasteiger partial charge in [0.1, 0.15) is 11.9 Å². The van der Waals surface area contributed by atoms with Gasteiger partial charge in [-0.25, -0.2) is 13.8 Å². The van der Waals surface area contributed by atoms with Gasteiger partial charge in [0.15, 0.2) is 11.6 Å². The van der Waals surface area contributed by atoms with E-state index in [0.717, 1.165) is 43.9 Å². The number of amides is 2. The zero-order valence-electron chi connectivity index (χ0n) is 16.3. The third-order valence-electron chi connectivity index (χ3n) is 5.00. The number of rotatable bonds is 5. The van der Waals surface area contributed by atoms with Crippen LogP contribution in [0.3, 0.4) is 0 Å². The van der Waals surface area contributed by atoms with E-state index in [-0.39, 0.29) is 11.1 Å². The van der Waals surface area contributed by atoms with Crippen molar-refractivity contribution in [2.75, 3.05) is 25.0 Å². The van der Waals surface area contributed by atoms with Crippen molar-refractivity contribution >= 4 is 17.6 Å². The number of nitrogens with one attached hydrogen (secondary N) is 2. The normalized spacial score (nSPS) is 15.3. The minimum atomic E-state index is -1.16. The number of nitrogens with zero attached hydrogens (tertiary/aromatic N) is 2. The molecule has 2 heterocycles. The molecule has 1 aromatic heterocycles. The van der Waals surface area contributed by atoms with Gasteiger partial charge in [0.05, 0.1) is 5.56 Å². The molecule has 8 heteroatoms. The van der Waals surface area contributed by atoms with Crippen molar-refractivity contribution in [1.82, 2.24) is 15.6 Å². The third-order valence-corrected chi connectivity index (χ3v) is 5.00. The van der Waals surface area contributed by atoms with Crippen molar-refractivity contribution in [3.63, 3.8) is 0 Å². The van der Waals surface area contributed by atoms with Gasteiger partial charge in [0.25, 0.3) is 5.91 Å². The van der Waals surface area contributed by atoms with Gasteiger partial charge in [-0.2, -0.15) is 0 Å². The Morgan fingerprint density at radius 3 is 2.34 bits per heavy atom. The Balaban J connectivity index is 1.75.